The molecule has 0 aliphatic heterocycles. The Morgan fingerprint density at radius 2 is 2.31 bits per heavy atom. The maximum Gasteiger partial charge on any atom is 0.0929 e. The number of benzene rings is 1. The van der Waals surface area contributed by atoms with Gasteiger partial charge in [0.15, 0.2) is 0 Å². The van der Waals surface area contributed by atoms with Crippen LogP contribution >= 0.6 is 23.4 Å². The van der Waals surface area contributed by atoms with Gasteiger partial charge in [-0.1, -0.05) is 22.9 Å². The summed E-state index contributed by atoms with van der Waals surface area (Å²) in [5.41, 5.74) is 7.45. The Bertz CT molecular complexity index is 477. The number of nitrogens with zero attached hydrogens (tertiary/aromatic N) is 3. The highest BCUT2D eigenvalue weighted by atomic mass is 35.5. The first kappa shape index (κ1) is 11.3. The molecule has 0 bridgehead atoms. The van der Waals surface area contributed by atoms with Gasteiger partial charge in [0.25, 0.3) is 0 Å². The Hall–Kier alpha value is -1.20. The summed E-state index contributed by atoms with van der Waals surface area (Å²) >= 11 is 7.63. The summed E-state index contributed by atoms with van der Waals surface area (Å²) in [4.78, 5) is 0.898. The van der Waals surface area contributed by atoms with Crippen LogP contribution in [0, 0.1) is 0 Å². The number of anilines is 1. The second-order valence-electron chi connectivity index (χ2n) is 3.33. The quantitative estimate of drug-likeness (QED) is 0.675. The summed E-state index contributed by atoms with van der Waals surface area (Å²) in [6.07, 6.45) is 1.88. The van der Waals surface area contributed by atoms with Gasteiger partial charge >= 0.3 is 0 Å². The second-order valence-corrected chi connectivity index (χ2v) is 4.72. The summed E-state index contributed by atoms with van der Waals surface area (Å²) in [7, 11) is 1.84. The molecular formula is C10H11ClN4S. The zero-order valence-electron chi connectivity index (χ0n) is 8.72. The van der Waals surface area contributed by atoms with Crippen LogP contribution in [0.1, 0.15) is 5.69 Å². The van der Waals surface area contributed by atoms with E-state index in [2.05, 4.69) is 10.3 Å². The zero-order chi connectivity index (χ0) is 11.5. The van der Waals surface area contributed by atoms with Crippen molar-refractivity contribution in [2.75, 3.05) is 5.73 Å². The van der Waals surface area contributed by atoms with Crippen molar-refractivity contribution in [3.05, 3.63) is 35.1 Å². The van der Waals surface area contributed by atoms with E-state index in [0.717, 1.165) is 10.6 Å². The van der Waals surface area contributed by atoms with Gasteiger partial charge in [-0.2, -0.15) is 0 Å². The van der Waals surface area contributed by atoms with Crippen LogP contribution in [0.5, 0.6) is 0 Å². The van der Waals surface area contributed by atoms with Gasteiger partial charge in [-0.25, -0.2) is 0 Å². The predicted molar refractivity (Wildman–Crippen MR) is 66.4 cm³/mol. The Kier molecular flexibility index (Phi) is 3.36. The van der Waals surface area contributed by atoms with Crippen molar-refractivity contribution in [1.29, 1.82) is 0 Å². The van der Waals surface area contributed by atoms with E-state index in [9.17, 15) is 0 Å². The maximum atomic E-state index is 6.06. The molecule has 2 rings (SSSR count). The summed E-state index contributed by atoms with van der Waals surface area (Å²) in [5.74, 6) is 0.710. The van der Waals surface area contributed by atoms with Crippen LogP contribution in [0.15, 0.2) is 29.3 Å². The Morgan fingerprint density at radius 1 is 1.50 bits per heavy atom. The average molecular weight is 255 g/mol. The monoisotopic (exact) mass is 254 g/mol. The fourth-order valence-corrected chi connectivity index (χ4v) is 2.50. The molecule has 1 aromatic heterocycles. The number of aromatic nitrogens is 3. The van der Waals surface area contributed by atoms with Gasteiger partial charge in [-0.05, 0) is 12.1 Å². The highest BCUT2D eigenvalue weighted by molar-refractivity contribution is 7.98. The fraction of sp³-hybridized carbons (Fsp3) is 0.200. The minimum Gasteiger partial charge on any atom is -0.398 e. The van der Waals surface area contributed by atoms with Crippen LogP contribution in [0.3, 0.4) is 0 Å². The number of hydrogen-bond acceptors (Lipinski definition) is 4. The number of thioether (sulfide) groups is 1. The second kappa shape index (κ2) is 4.76. The molecule has 84 valence electrons. The van der Waals surface area contributed by atoms with E-state index in [1.54, 1.807) is 16.4 Å². The first-order valence-corrected chi connectivity index (χ1v) is 6.05. The molecule has 0 amide bonds. The van der Waals surface area contributed by atoms with E-state index in [-0.39, 0.29) is 0 Å². The van der Waals surface area contributed by atoms with Crippen molar-refractivity contribution >= 4 is 29.1 Å². The lowest BCUT2D eigenvalue weighted by Gasteiger charge is -2.05. The van der Waals surface area contributed by atoms with Gasteiger partial charge in [0.1, 0.15) is 0 Å². The standard InChI is InChI=1S/C10H11ClN4S/c1-15-5-7(13-14-15)6-16-10-8(11)3-2-4-9(10)12/h2-5H,6,12H2,1H3. The molecule has 0 unspecified atom stereocenters. The average Bonchev–Trinajstić information content (AvgIpc) is 2.63. The molecule has 1 aromatic carbocycles. The molecule has 1 heterocycles. The lowest BCUT2D eigenvalue weighted by atomic mass is 10.3. The van der Waals surface area contributed by atoms with Crippen LogP contribution in [0.4, 0.5) is 5.69 Å². The molecule has 4 nitrogen and oxygen atoms in total. The normalized spacial score (nSPS) is 10.6. The van der Waals surface area contributed by atoms with Gasteiger partial charge in [-0.3, -0.25) is 4.68 Å². The molecule has 0 aliphatic carbocycles. The lowest BCUT2D eigenvalue weighted by Crippen LogP contribution is -1.89. The first-order chi connectivity index (χ1) is 7.66. The first-order valence-electron chi connectivity index (χ1n) is 4.69. The summed E-state index contributed by atoms with van der Waals surface area (Å²) in [6.45, 7) is 0. The van der Waals surface area contributed by atoms with Crippen LogP contribution < -0.4 is 5.73 Å². The van der Waals surface area contributed by atoms with Crippen molar-refractivity contribution in [1.82, 2.24) is 15.0 Å². The number of rotatable bonds is 3. The highest BCUT2D eigenvalue weighted by Crippen LogP contribution is 2.33. The molecule has 0 saturated heterocycles. The van der Waals surface area contributed by atoms with E-state index in [4.69, 9.17) is 17.3 Å². The van der Waals surface area contributed by atoms with E-state index in [1.807, 2.05) is 31.4 Å². The number of hydrogen-bond donors (Lipinski definition) is 1. The third-order valence-corrected chi connectivity index (χ3v) is 3.62. The summed E-state index contributed by atoms with van der Waals surface area (Å²) in [6, 6.07) is 5.51. The summed E-state index contributed by atoms with van der Waals surface area (Å²) in [5, 5.41) is 8.54. The van der Waals surface area contributed by atoms with Gasteiger partial charge < -0.3 is 5.73 Å². The minimum absolute atomic E-state index is 0.675. The Balaban J connectivity index is 2.10. The van der Waals surface area contributed by atoms with Crippen molar-refractivity contribution in [3.8, 4) is 0 Å². The van der Waals surface area contributed by atoms with Crippen LogP contribution in [-0.2, 0) is 12.8 Å². The van der Waals surface area contributed by atoms with E-state index in [0.29, 0.717) is 16.5 Å². The Labute approximate surface area is 103 Å². The minimum atomic E-state index is 0.675. The van der Waals surface area contributed by atoms with Gasteiger partial charge in [0.05, 0.1) is 10.7 Å². The van der Waals surface area contributed by atoms with Crippen molar-refractivity contribution in [3.63, 3.8) is 0 Å². The molecule has 0 radical (unpaired) electrons. The molecular weight excluding hydrogens is 244 g/mol. The fourth-order valence-electron chi connectivity index (χ4n) is 1.29. The SMILES string of the molecule is Cn1cc(CSc2c(N)cccc2Cl)nn1. The van der Waals surface area contributed by atoms with Crippen LogP contribution in [0.25, 0.3) is 0 Å². The largest absolute Gasteiger partial charge is 0.398 e. The molecule has 2 N–H and O–H groups in total. The molecule has 0 fully saturated rings. The van der Waals surface area contributed by atoms with Crippen LogP contribution in [0.2, 0.25) is 5.02 Å². The van der Waals surface area contributed by atoms with Gasteiger partial charge in [-0.15, -0.1) is 16.9 Å². The predicted octanol–water partition coefficient (Wildman–Crippen LogP) is 2.34. The van der Waals surface area contributed by atoms with Crippen molar-refractivity contribution in [2.45, 2.75) is 10.6 Å². The number of nitrogen functional groups attached to an aromatic ring is 1. The molecule has 0 spiro atoms. The van der Waals surface area contributed by atoms with E-state index in [1.165, 1.54) is 0 Å². The molecule has 2 aromatic rings. The van der Waals surface area contributed by atoms with Gasteiger partial charge in [0, 0.05) is 29.6 Å². The molecule has 0 saturated carbocycles. The topological polar surface area (TPSA) is 56.7 Å². The third kappa shape index (κ3) is 2.48. The lowest BCUT2D eigenvalue weighted by molar-refractivity contribution is 0.714. The highest BCUT2D eigenvalue weighted by Gasteiger charge is 2.06. The molecule has 0 aliphatic rings. The van der Waals surface area contributed by atoms with E-state index >= 15 is 0 Å². The molecule has 16 heavy (non-hydrogen) atoms. The van der Waals surface area contributed by atoms with Crippen molar-refractivity contribution in [2.24, 2.45) is 7.05 Å². The number of halogens is 1. The van der Waals surface area contributed by atoms with E-state index < -0.39 is 0 Å². The van der Waals surface area contributed by atoms with Gasteiger partial charge in [0.2, 0.25) is 0 Å². The molecule has 0 atom stereocenters. The third-order valence-electron chi connectivity index (χ3n) is 2.01. The summed E-state index contributed by atoms with van der Waals surface area (Å²) < 4.78 is 1.67. The number of aryl methyl sites for hydroxylation is 1. The maximum absolute atomic E-state index is 6.06. The zero-order valence-corrected chi connectivity index (χ0v) is 10.3. The van der Waals surface area contributed by atoms with Crippen molar-refractivity contribution < 1.29 is 0 Å². The molecule has 6 heteroatoms. The number of nitrogens with two attached hydrogens (primary N) is 1. The smallest absolute Gasteiger partial charge is 0.0929 e. The van der Waals surface area contributed by atoms with Crippen LogP contribution in [-0.4, -0.2) is 15.0 Å². The Morgan fingerprint density at radius 3 is 2.94 bits per heavy atom.